The molecule has 1 atom stereocenters. The Morgan fingerprint density at radius 2 is 2.00 bits per heavy atom. The van der Waals surface area contributed by atoms with E-state index in [9.17, 15) is 0 Å². The number of hydrogen-bond donors (Lipinski definition) is 1. The fourth-order valence-electron chi connectivity index (χ4n) is 2.58. The molecule has 0 aliphatic carbocycles. The van der Waals surface area contributed by atoms with Crippen molar-refractivity contribution in [3.8, 4) is 11.3 Å². The Bertz CT molecular complexity index is 592. The summed E-state index contributed by atoms with van der Waals surface area (Å²) < 4.78 is 5.46. The van der Waals surface area contributed by atoms with E-state index < -0.39 is 0 Å². The van der Waals surface area contributed by atoms with Crippen LogP contribution in [0, 0.1) is 6.92 Å². The highest BCUT2D eigenvalue weighted by atomic mass is 16.5. The number of anilines is 1. The first kappa shape index (κ1) is 13.1. The lowest BCUT2D eigenvalue weighted by molar-refractivity contribution is 0.193. The van der Waals surface area contributed by atoms with Gasteiger partial charge in [-0.1, -0.05) is 30.3 Å². The third-order valence-corrected chi connectivity index (χ3v) is 3.74. The quantitative estimate of drug-likeness (QED) is 0.930. The molecule has 1 aromatic carbocycles. The average molecular weight is 269 g/mol. The van der Waals surface area contributed by atoms with E-state index in [1.165, 1.54) is 0 Å². The van der Waals surface area contributed by atoms with Crippen molar-refractivity contribution in [1.29, 1.82) is 0 Å². The van der Waals surface area contributed by atoms with Crippen molar-refractivity contribution in [2.75, 3.05) is 25.6 Å². The lowest BCUT2D eigenvalue weighted by atomic mass is 10.0. The second-order valence-corrected chi connectivity index (χ2v) is 5.08. The molecule has 1 unspecified atom stereocenters. The predicted molar refractivity (Wildman–Crippen MR) is 79.9 cm³/mol. The third kappa shape index (κ3) is 2.39. The lowest BCUT2D eigenvalue weighted by Gasteiger charge is -2.14. The first-order chi connectivity index (χ1) is 9.79. The molecule has 1 aliphatic rings. The topological polar surface area (TPSA) is 47.0 Å². The number of aromatic nitrogens is 2. The maximum absolute atomic E-state index is 5.46. The predicted octanol–water partition coefficient (Wildman–Crippen LogP) is 3.00. The van der Waals surface area contributed by atoms with Crippen molar-refractivity contribution in [2.45, 2.75) is 19.3 Å². The highest BCUT2D eigenvalue weighted by molar-refractivity contribution is 5.68. The van der Waals surface area contributed by atoms with Crippen LogP contribution in [0.25, 0.3) is 11.3 Å². The summed E-state index contributed by atoms with van der Waals surface area (Å²) >= 11 is 0. The Hall–Kier alpha value is -1.94. The van der Waals surface area contributed by atoms with Crippen molar-refractivity contribution in [3.05, 3.63) is 41.7 Å². The molecule has 4 heteroatoms. The number of benzene rings is 1. The third-order valence-electron chi connectivity index (χ3n) is 3.74. The summed E-state index contributed by atoms with van der Waals surface area (Å²) in [6, 6.07) is 10.3. The van der Waals surface area contributed by atoms with Gasteiger partial charge in [-0.2, -0.15) is 0 Å². The first-order valence-corrected chi connectivity index (χ1v) is 6.99. The van der Waals surface area contributed by atoms with Gasteiger partial charge in [0.2, 0.25) is 0 Å². The van der Waals surface area contributed by atoms with E-state index in [1.54, 1.807) is 0 Å². The van der Waals surface area contributed by atoms with E-state index in [0.717, 1.165) is 48.1 Å². The van der Waals surface area contributed by atoms with Gasteiger partial charge in [-0.15, -0.1) is 0 Å². The van der Waals surface area contributed by atoms with Crippen LogP contribution >= 0.6 is 0 Å². The molecule has 2 aromatic rings. The molecule has 0 bridgehead atoms. The molecule has 1 aliphatic heterocycles. The summed E-state index contributed by atoms with van der Waals surface area (Å²) in [5.74, 6) is 2.10. The molecule has 3 rings (SSSR count). The Labute approximate surface area is 119 Å². The maximum Gasteiger partial charge on any atom is 0.136 e. The number of nitrogens with one attached hydrogen (secondary N) is 1. The maximum atomic E-state index is 5.46. The minimum absolute atomic E-state index is 0.310. The van der Waals surface area contributed by atoms with Crippen LogP contribution in [0.5, 0.6) is 0 Å². The van der Waals surface area contributed by atoms with Gasteiger partial charge in [0, 0.05) is 30.7 Å². The van der Waals surface area contributed by atoms with Gasteiger partial charge in [0.1, 0.15) is 11.6 Å². The monoisotopic (exact) mass is 269 g/mol. The molecule has 0 spiro atoms. The van der Waals surface area contributed by atoms with Crippen molar-refractivity contribution in [3.63, 3.8) is 0 Å². The van der Waals surface area contributed by atoms with Crippen LogP contribution in [0.4, 0.5) is 5.82 Å². The van der Waals surface area contributed by atoms with Crippen molar-refractivity contribution in [1.82, 2.24) is 9.97 Å². The van der Waals surface area contributed by atoms with Gasteiger partial charge >= 0.3 is 0 Å². The largest absolute Gasteiger partial charge is 0.381 e. The van der Waals surface area contributed by atoms with Crippen molar-refractivity contribution in [2.24, 2.45) is 0 Å². The van der Waals surface area contributed by atoms with Crippen LogP contribution in [0.1, 0.15) is 23.7 Å². The number of rotatable bonds is 3. The highest BCUT2D eigenvalue weighted by Crippen LogP contribution is 2.30. The first-order valence-electron chi connectivity index (χ1n) is 6.99. The minimum Gasteiger partial charge on any atom is -0.381 e. The fraction of sp³-hybridized carbons (Fsp3) is 0.375. The van der Waals surface area contributed by atoms with E-state index in [2.05, 4.69) is 29.4 Å². The zero-order valence-electron chi connectivity index (χ0n) is 11.9. The van der Waals surface area contributed by atoms with E-state index in [4.69, 9.17) is 9.72 Å². The zero-order valence-corrected chi connectivity index (χ0v) is 11.9. The molecule has 20 heavy (non-hydrogen) atoms. The number of hydrogen-bond acceptors (Lipinski definition) is 4. The molecule has 1 N–H and O–H groups in total. The van der Waals surface area contributed by atoms with Crippen LogP contribution in [0.3, 0.4) is 0 Å². The molecule has 0 radical (unpaired) electrons. The second-order valence-electron chi connectivity index (χ2n) is 5.08. The normalized spacial score (nSPS) is 18.2. The van der Waals surface area contributed by atoms with Crippen LogP contribution in [-0.4, -0.2) is 30.2 Å². The second kappa shape index (κ2) is 5.59. The molecular weight excluding hydrogens is 250 g/mol. The van der Waals surface area contributed by atoms with Gasteiger partial charge in [-0.05, 0) is 13.3 Å². The lowest BCUT2D eigenvalue weighted by Crippen LogP contribution is -2.09. The van der Waals surface area contributed by atoms with E-state index in [0.29, 0.717) is 5.92 Å². The van der Waals surface area contributed by atoms with Gasteiger partial charge in [0.15, 0.2) is 0 Å². The van der Waals surface area contributed by atoms with E-state index >= 15 is 0 Å². The van der Waals surface area contributed by atoms with Crippen LogP contribution < -0.4 is 5.32 Å². The summed E-state index contributed by atoms with van der Waals surface area (Å²) in [4.78, 5) is 9.46. The Morgan fingerprint density at radius 3 is 2.65 bits per heavy atom. The summed E-state index contributed by atoms with van der Waals surface area (Å²) in [6.07, 6.45) is 1.00. The molecule has 1 saturated heterocycles. The molecule has 0 saturated carbocycles. The van der Waals surface area contributed by atoms with Crippen LogP contribution in [0.15, 0.2) is 30.3 Å². The Morgan fingerprint density at radius 1 is 1.20 bits per heavy atom. The SMILES string of the molecule is CNc1nc(C2CCOC2)nc(-c2ccccc2)c1C. The van der Waals surface area contributed by atoms with Gasteiger partial charge < -0.3 is 10.1 Å². The minimum atomic E-state index is 0.310. The van der Waals surface area contributed by atoms with Gasteiger partial charge in [0.05, 0.1) is 12.3 Å². The van der Waals surface area contributed by atoms with Gasteiger partial charge in [-0.3, -0.25) is 0 Å². The molecular formula is C16H19N3O. The van der Waals surface area contributed by atoms with Crippen LogP contribution in [0.2, 0.25) is 0 Å². The van der Waals surface area contributed by atoms with Crippen molar-refractivity contribution >= 4 is 5.82 Å². The van der Waals surface area contributed by atoms with E-state index in [1.807, 2.05) is 25.2 Å². The summed E-state index contributed by atoms with van der Waals surface area (Å²) in [5, 5.41) is 3.18. The standard InChI is InChI=1S/C16H19N3O/c1-11-14(12-6-4-3-5-7-12)18-16(19-15(11)17-2)13-8-9-20-10-13/h3-7,13H,8-10H2,1-2H3,(H,17,18,19). The Balaban J connectivity index is 2.10. The highest BCUT2D eigenvalue weighted by Gasteiger charge is 2.23. The van der Waals surface area contributed by atoms with Crippen molar-refractivity contribution < 1.29 is 4.74 Å². The average Bonchev–Trinajstić information content (AvgIpc) is 3.03. The van der Waals surface area contributed by atoms with E-state index in [-0.39, 0.29) is 0 Å². The Kier molecular flexibility index (Phi) is 3.65. The number of nitrogens with zero attached hydrogens (tertiary/aromatic N) is 2. The zero-order chi connectivity index (χ0) is 13.9. The molecule has 104 valence electrons. The summed E-state index contributed by atoms with van der Waals surface area (Å²) in [7, 11) is 1.90. The molecule has 4 nitrogen and oxygen atoms in total. The molecule has 1 aromatic heterocycles. The van der Waals surface area contributed by atoms with Gasteiger partial charge in [0.25, 0.3) is 0 Å². The van der Waals surface area contributed by atoms with Gasteiger partial charge in [-0.25, -0.2) is 9.97 Å². The molecule has 1 fully saturated rings. The molecule has 0 amide bonds. The smallest absolute Gasteiger partial charge is 0.136 e. The molecule has 2 heterocycles. The fourth-order valence-corrected chi connectivity index (χ4v) is 2.58. The number of ether oxygens (including phenoxy) is 1. The summed E-state index contributed by atoms with van der Waals surface area (Å²) in [5.41, 5.74) is 3.22. The van der Waals surface area contributed by atoms with Crippen LogP contribution in [-0.2, 0) is 4.74 Å². The summed E-state index contributed by atoms with van der Waals surface area (Å²) in [6.45, 7) is 3.58.